The highest BCUT2D eigenvalue weighted by Crippen LogP contribution is 2.12. The van der Waals surface area contributed by atoms with Crippen LogP contribution in [-0.2, 0) is 11.2 Å². The van der Waals surface area contributed by atoms with Crippen LogP contribution in [0.1, 0.15) is 12.5 Å². The second kappa shape index (κ2) is 9.37. The van der Waals surface area contributed by atoms with E-state index in [9.17, 15) is 4.79 Å². The van der Waals surface area contributed by atoms with E-state index < -0.39 is 0 Å². The third-order valence-electron chi connectivity index (χ3n) is 3.38. The molecule has 0 radical (unpaired) electrons. The van der Waals surface area contributed by atoms with Gasteiger partial charge >= 0.3 is 0 Å². The number of benzene rings is 1. The van der Waals surface area contributed by atoms with Gasteiger partial charge in [-0.15, -0.1) is 0 Å². The third-order valence-corrected chi connectivity index (χ3v) is 3.38. The number of nitrogens with two attached hydrogens (primary N) is 1. The van der Waals surface area contributed by atoms with E-state index in [0.717, 1.165) is 25.3 Å². The molecule has 1 unspecified atom stereocenters. The van der Waals surface area contributed by atoms with Gasteiger partial charge in [0.2, 0.25) is 5.91 Å². The molecule has 0 aromatic heterocycles. The van der Waals surface area contributed by atoms with Crippen LogP contribution in [0, 0.1) is 5.92 Å². The average Bonchev–Trinajstić information content (AvgIpc) is 2.48. The molecular formula is C16H27N3O2. The van der Waals surface area contributed by atoms with Crippen LogP contribution < -0.4 is 15.8 Å². The molecule has 1 aromatic carbocycles. The van der Waals surface area contributed by atoms with Crippen molar-refractivity contribution in [3.8, 4) is 5.75 Å². The Hall–Kier alpha value is -1.59. The summed E-state index contributed by atoms with van der Waals surface area (Å²) in [5, 5.41) is 2.66. The molecule has 1 amide bonds. The zero-order chi connectivity index (χ0) is 15.7. The van der Waals surface area contributed by atoms with Gasteiger partial charge < -0.3 is 20.7 Å². The number of nitrogens with one attached hydrogen (secondary N) is 1. The molecule has 118 valence electrons. The highest BCUT2D eigenvalue weighted by molar-refractivity contribution is 5.78. The normalized spacial score (nSPS) is 12.2. The van der Waals surface area contributed by atoms with Crippen LogP contribution in [0.2, 0.25) is 0 Å². The van der Waals surface area contributed by atoms with E-state index >= 15 is 0 Å². The number of ether oxygens (including phenoxy) is 1. The van der Waals surface area contributed by atoms with Crippen LogP contribution in [0.25, 0.3) is 0 Å². The fourth-order valence-corrected chi connectivity index (χ4v) is 2.13. The van der Waals surface area contributed by atoms with Crippen LogP contribution in [0.3, 0.4) is 0 Å². The molecule has 5 heteroatoms. The summed E-state index contributed by atoms with van der Waals surface area (Å²) in [4.78, 5) is 13.5. The van der Waals surface area contributed by atoms with E-state index in [1.165, 1.54) is 5.56 Å². The number of carbonyl (C=O) groups is 1. The van der Waals surface area contributed by atoms with Crippen LogP contribution >= 0.6 is 0 Å². The van der Waals surface area contributed by atoms with Crippen molar-refractivity contribution in [3.05, 3.63) is 29.8 Å². The van der Waals surface area contributed by atoms with Crippen LogP contribution in [0.5, 0.6) is 5.75 Å². The van der Waals surface area contributed by atoms with Crippen molar-refractivity contribution in [1.29, 1.82) is 0 Å². The van der Waals surface area contributed by atoms with Crippen molar-refractivity contribution in [1.82, 2.24) is 10.2 Å². The van der Waals surface area contributed by atoms with E-state index in [2.05, 4.69) is 10.2 Å². The summed E-state index contributed by atoms with van der Waals surface area (Å²) in [6, 6.07) is 8.02. The highest BCUT2D eigenvalue weighted by Gasteiger charge is 2.13. The molecule has 5 nitrogen and oxygen atoms in total. The highest BCUT2D eigenvalue weighted by atomic mass is 16.5. The predicted molar refractivity (Wildman–Crippen MR) is 85.4 cm³/mol. The number of hydrogen-bond donors (Lipinski definition) is 2. The quantitative estimate of drug-likeness (QED) is 0.709. The Labute approximate surface area is 127 Å². The summed E-state index contributed by atoms with van der Waals surface area (Å²) < 4.78 is 5.70. The Kier molecular flexibility index (Phi) is 7.79. The molecule has 0 bridgehead atoms. The predicted octanol–water partition coefficient (Wildman–Crippen LogP) is 0.881. The van der Waals surface area contributed by atoms with Crippen molar-refractivity contribution in [2.45, 2.75) is 13.3 Å². The summed E-state index contributed by atoms with van der Waals surface area (Å²) in [6.45, 7) is 4.69. The number of likely N-dealkylation sites (N-methyl/N-ethyl adjacent to an activating group) is 1. The molecule has 0 saturated heterocycles. The zero-order valence-corrected chi connectivity index (χ0v) is 13.3. The van der Waals surface area contributed by atoms with Gasteiger partial charge in [0, 0.05) is 26.1 Å². The fourth-order valence-electron chi connectivity index (χ4n) is 2.13. The molecule has 0 aliphatic carbocycles. The van der Waals surface area contributed by atoms with Crippen molar-refractivity contribution >= 4 is 5.91 Å². The number of carbonyl (C=O) groups excluding carboxylic acids is 1. The number of nitrogens with zero attached hydrogens (tertiary/aromatic N) is 1. The Bertz CT molecular complexity index is 420. The molecule has 21 heavy (non-hydrogen) atoms. The van der Waals surface area contributed by atoms with Crippen molar-refractivity contribution < 1.29 is 9.53 Å². The Morgan fingerprint density at radius 3 is 2.62 bits per heavy atom. The van der Waals surface area contributed by atoms with Crippen molar-refractivity contribution in [2.24, 2.45) is 11.7 Å². The molecule has 1 atom stereocenters. The summed E-state index contributed by atoms with van der Waals surface area (Å²) in [5.74, 6) is 0.914. The zero-order valence-electron chi connectivity index (χ0n) is 13.3. The number of amides is 1. The Balaban J connectivity index is 2.27. The summed E-state index contributed by atoms with van der Waals surface area (Å²) >= 11 is 0. The van der Waals surface area contributed by atoms with Crippen LogP contribution in [0.4, 0.5) is 0 Å². The van der Waals surface area contributed by atoms with Gasteiger partial charge in [0.25, 0.3) is 0 Å². The molecule has 0 aliphatic heterocycles. The van der Waals surface area contributed by atoms with Gasteiger partial charge in [-0.3, -0.25) is 4.79 Å². The fraction of sp³-hybridized carbons (Fsp3) is 0.562. The van der Waals surface area contributed by atoms with E-state index in [-0.39, 0.29) is 11.8 Å². The first-order valence-corrected chi connectivity index (χ1v) is 7.38. The molecule has 3 N–H and O–H groups in total. The number of rotatable bonds is 9. The van der Waals surface area contributed by atoms with Gasteiger partial charge in [-0.2, -0.15) is 0 Å². The minimum absolute atomic E-state index is 0.0180. The van der Waals surface area contributed by atoms with Gasteiger partial charge in [-0.1, -0.05) is 19.1 Å². The summed E-state index contributed by atoms with van der Waals surface area (Å²) in [7, 11) is 3.66. The molecule has 1 rings (SSSR count). The van der Waals surface area contributed by atoms with Crippen molar-refractivity contribution in [2.75, 3.05) is 40.3 Å². The van der Waals surface area contributed by atoms with Gasteiger partial charge in [0.05, 0.1) is 0 Å². The SMILES string of the molecule is CNC(=O)C(C)CN(C)CCOc1ccc(CCN)cc1. The van der Waals surface area contributed by atoms with E-state index in [1.54, 1.807) is 7.05 Å². The first-order valence-electron chi connectivity index (χ1n) is 7.38. The summed E-state index contributed by atoms with van der Waals surface area (Å²) in [5.41, 5.74) is 6.74. The lowest BCUT2D eigenvalue weighted by Crippen LogP contribution is -2.36. The molecule has 0 aliphatic rings. The smallest absolute Gasteiger partial charge is 0.223 e. The Morgan fingerprint density at radius 2 is 2.05 bits per heavy atom. The van der Waals surface area contributed by atoms with Crippen LogP contribution in [0.15, 0.2) is 24.3 Å². The molecular weight excluding hydrogens is 266 g/mol. The first kappa shape index (κ1) is 17.5. The largest absolute Gasteiger partial charge is 0.492 e. The first-order chi connectivity index (χ1) is 10.1. The van der Waals surface area contributed by atoms with E-state index in [0.29, 0.717) is 13.2 Å². The lowest BCUT2D eigenvalue weighted by Gasteiger charge is -2.20. The summed E-state index contributed by atoms with van der Waals surface area (Å²) in [6.07, 6.45) is 0.889. The maximum Gasteiger partial charge on any atom is 0.223 e. The molecule has 0 spiro atoms. The lowest BCUT2D eigenvalue weighted by atomic mass is 10.1. The average molecular weight is 293 g/mol. The third kappa shape index (κ3) is 6.60. The minimum atomic E-state index is -0.0180. The maximum atomic E-state index is 11.4. The minimum Gasteiger partial charge on any atom is -0.492 e. The number of hydrogen-bond acceptors (Lipinski definition) is 4. The van der Waals surface area contributed by atoms with E-state index in [1.807, 2.05) is 38.2 Å². The second-order valence-corrected chi connectivity index (χ2v) is 5.31. The topological polar surface area (TPSA) is 67.6 Å². The second-order valence-electron chi connectivity index (χ2n) is 5.31. The molecule has 0 saturated carbocycles. The standard InChI is InChI=1S/C16H27N3O2/c1-13(16(20)18-2)12-19(3)10-11-21-15-6-4-14(5-7-15)8-9-17/h4-7,13H,8-12,17H2,1-3H3,(H,18,20). The van der Waals surface area contributed by atoms with Gasteiger partial charge in [-0.25, -0.2) is 0 Å². The lowest BCUT2D eigenvalue weighted by molar-refractivity contribution is -0.124. The monoisotopic (exact) mass is 293 g/mol. The van der Waals surface area contributed by atoms with Gasteiger partial charge in [0.15, 0.2) is 0 Å². The van der Waals surface area contributed by atoms with E-state index in [4.69, 9.17) is 10.5 Å². The Morgan fingerprint density at radius 1 is 1.38 bits per heavy atom. The maximum absolute atomic E-state index is 11.4. The molecule has 0 fully saturated rings. The molecule has 0 heterocycles. The molecule has 1 aromatic rings. The van der Waals surface area contributed by atoms with Gasteiger partial charge in [0.1, 0.15) is 12.4 Å². The van der Waals surface area contributed by atoms with Crippen LogP contribution in [-0.4, -0.2) is 51.1 Å². The van der Waals surface area contributed by atoms with Gasteiger partial charge in [-0.05, 0) is 37.7 Å². The van der Waals surface area contributed by atoms with Crippen molar-refractivity contribution in [3.63, 3.8) is 0 Å².